The average molecular weight is 355 g/mol. The van der Waals surface area contributed by atoms with Crippen LogP contribution in [-0.4, -0.2) is 15.5 Å². The number of ether oxygens (including phenoxy) is 1. The van der Waals surface area contributed by atoms with E-state index in [2.05, 4.69) is 15.3 Å². The first-order valence-corrected chi connectivity index (χ1v) is 8.68. The lowest BCUT2D eigenvalue weighted by atomic mass is 10.1. The number of hydrogen-bond acceptors (Lipinski definition) is 5. The Kier molecular flexibility index (Phi) is 3.53. The number of aromatic nitrogens is 2. The van der Waals surface area contributed by atoms with E-state index in [4.69, 9.17) is 10.5 Å². The summed E-state index contributed by atoms with van der Waals surface area (Å²) in [7, 11) is 0. The van der Waals surface area contributed by atoms with Crippen molar-refractivity contribution in [3.05, 3.63) is 84.4 Å². The lowest BCUT2D eigenvalue weighted by molar-refractivity contribution is 0.480. The standard InChI is InChI=1S/C21H17N5O/c22-20-24-19(26-18-12-5-4-11-17(18)23-21(26)25-20)14-7-6-10-16(13-14)27-15-8-2-1-3-9-15/h1-13,19H,(H3,22,23,24,25). The van der Waals surface area contributed by atoms with Crippen molar-refractivity contribution in [2.24, 2.45) is 10.7 Å². The second-order valence-electron chi connectivity index (χ2n) is 6.29. The minimum absolute atomic E-state index is 0.312. The van der Waals surface area contributed by atoms with Gasteiger partial charge in [-0.15, -0.1) is 0 Å². The Morgan fingerprint density at radius 2 is 1.67 bits per heavy atom. The summed E-state index contributed by atoms with van der Waals surface area (Å²) in [5.41, 5.74) is 8.88. The van der Waals surface area contributed by atoms with Crippen LogP contribution >= 0.6 is 0 Å². The van der Waals surface area contributed by atoms with E-state index in [1.807, 2.05) is 83.4 Å². The van der Waals surface area contributed by atoms with Gasteiger partial charge in [-0.05, 0) is 36.4 Å². The summed E-state index contributed by atoms with van der Waals surface area (Å²) < 4.78 is 8.02. The maximum Gasteiger partial charge on any atom is 0.212 e. The zero-order valence-corrected chi connectivity index (χ0v) is 14.4. The van der Waals surface area contributed by atoms with Crippen LogP contribution < -0.4 is 15.8 Å². The Morgan fingerprint density at radius 3 is 2.56 bits per heavy atom. The number of hydrogen-bond donors (Lipinski definition) is 2. The van der Waals surface area contributed by atoms with Gasteiger partial charge in [-0.25, -0.2) is 9.98 Å². The van der Waals surface area contributed by atoms with Crippen molar-refractivity contribution in [1.82, 2.24) is 9.55 Å². The predicted octanol–water partition coefficient (Wildman–Crippen LogP) is 4.12. The van der Waals surface area contributed by atoms with E-state index >= 15 is 0 Å². The van der Waals surface area contributed by atoms with Gasteiger partial charge >= 0.3 is 0 Å². The predicted molar refractivity (Wildman–Crippen MR) is 106 cm³/mol. The van der Waals surface area contributed by atoms with Crippen molar-refractivity contribution >= 4 is 22.9 Å². The van der Waals surface area contributed by atoms with Gasteiger partial charge in [-0.1, -0.05) is 42.5 Å². The van der Waals surface area contributed by atoms with Crippen molar-refractivity contribution in [3.63, 3.8) is 0 Å². The molecular formula is C21H17N5O. The third-order valence-electron chi connectivity index (χ3n) is 4.48. The van der Waals surface area contributed by atoms with Crippen molar-refractivity contribution < 1.29 is 4.74 Å². The number of nitrogens with one attached hydrogen (secondary N) is 1. The molecule has 0 radical (unpaired) electrons. The number of nitrogens with two attached hydrogens (primary N) is 1. The smallest absolute Gasteiger partial charge is 0.212 e. The van der Waals surface area contributed by atoms with Crippen LogP contribution in [0.2, 0.25) is 0 Å². The fourth-order valence-corrected chi connectivity index (χ4v) is 3.30. The number of aliphatic imine (C=N–C) groups is 1. The van der Waals surface area contributed by atoms with E-state index in [-0.39, 0.29) is 6.17 Å². The lowest BCUT2D eigenvalue weighted by Gasteiger charge is -2.24. The van der Waals surface area contributed by atoms with Crippen LogP contribution in [0.3, 0.4) is 0 Å². The Bertz CT molecular complexity index is 1150. The molecule has 4 aromatic rings. The van der Waals surface area contributed by atoms with Crippen LogP contribution in [0, 0.1) is 0 Å². The number of benzene rings is 3. The van der Waals surface area contributed by atoms with E-state index in [1.165, 1.54) is 0 Å². The molecular weight excluding hydrogens is 338 g/mol. The Labute approximate surface area is 155 Å². The molecule has 132 valence electrons. The van der Waals surface area contributed by atoms with Gasteiger partial charge in [-0.2, -0.15) is 0 Å². The Hall–Kier alpha value is -3.80. The molecule has 3 aromatic carbocycles. The monoisotopic (exact) mass is 355 g/mol. The molecule has 0 saturated heterocycles. The number of fused-ring (bicyclic) bond motifs is 3. The van der Waals surface area contributed by atoms with Crippen LogP contribution in [0.1, 0.15) is 11.7 Å². The van der Waals surface area contributed by atoms with Crippen LogP contribution in [0.5, 0.6) is 11.5 Å². The van der Waals surface area contributed by atoms with E-state index in [0.717, 1.165) is 28.1 Å². The molecule has 0 fully saturated rings. The first kappa shape index (κ1) is 15.5. The first-order chi connectivity index (χ1) is 13.3. The summed E-state index contributed by atoms with van der Waals surface area (Å²) in [4.78, 5) is 9.24. The summed E-state index contributed by atoms with van der Waals surface area (Å²) in [5, 5.41) is 3.05. The minimum Gasteiger partial charge on any atom is -0.457 e. The van der Waals surface area contributed by atoms with Crippen LogP contribution in [-0.2, 0) is 0 Å². The molecule has 1 aliphatic heterocycles. The number of nitrogens with zero attached hydrogens (tertiary/aromatic N) is 3. The maximum atomic E-state index is 6.02. The highest BCUT2D eigenvalue weighted by Crippen LogP contribution is 2.34. The molecule has 6 heteroatoms. The molecule has 2 heterocycles. The van der Waals surface area contributed by atoms with Crippen LogP contribution in [0.25, 0.3) is 11.0 Å². The van der Waals surface area contributed by atoms with Crippen molar-refractivity contribution in [2.45, 2.75) is 6.17 Å². The summed E-state index contributed by atoms with van der Waals surface area (Å²) >= 11 is 0. The molecule has 0 aliphatic carbocycles. The molecule has 6 nitrogen and oxygen atoms in total. The molecule has 1 aromatic heterocycles. The second kappa shape index (κ2) is 6.17. The number of imidazole rings is 1. The maximum absolute atomic E-state index is 6.02. The van der Waals surface area contributed by atoms with Gasteiger partial charge in [0.1, 0.15) is 11.5 Å². The molecule has 0 bridgehead atoms. The summed E-state index contributed by atoms with van der Waals surface area (Å²) in [5.74, 6) is 2.56. The molecule has 5 rings (SSSR count). The van der Waals surface area contributed by atoms with E-state index in [9.17, 15) is 0 Å². The molecule has 1 atom stereocenters. The van der Waals surface area contributed by atoms with Gasteiger partial charge < -0.3 is 10.5 Å². The topological polar surface area (TPSA) is 77.5 Å². The van der Waals surface area contributed by atoms with Crippen molar-refractivity contribution in [1.29, 1.82) is 0 Å². The van der Waals surface area contributed by atoms with Gasteiger partial charge in [0.2, 0.25) is 5.95 Å². The van der Waals surface area contributed by atoms with Gasteiger partial charge in [-0.3, -0.25) is 9.88 Å². The molecule has 0 saturated carbocycles. The number of para-hydroxylation sites is 3. The number of rotatable bonds is 3. The Morgan fingerprint density at radius 1 is 0.889 bits per heavy atom. The molecule has 3 N–H and O–H groups in total. The van der Waals surface area contributed by atoms with Crippen molar-refractivity contribution in [3.8, 4) is 11.5 Å². The Balaban J connectivity index is 1.58. The summed E-state index contributed by atoms with van der Waals surface area (Å²) in [6, 6.07) is 25.6. The molecule has 0 amide bonds. The van der Waals surface area contributed by atoms with Gasteiger partial charge in [0.05, 0.1) is 11.0 Å². The largest absolute Gasteiger partial charge is 0.457 e. The highest BCUT2D eigenvalue weighted by Gasteiger charge is 2.25. The highest BCUT2D eigenvalue weighted by atomic mass is 16.5. The zero-order valence-electron chi connectivity index (χ0n) is 14.4. The first-order valence-electron chi connectivity index (χ1n) is 8.68. The fraction of sp³-hybridized carbons (Fsp3) is 0.0476. The third kappa shape index (κ3) is 2.77. The average Bonchev–Trinajstić information content (AvgIpc) is 3.06. The molecule has 27 heavy (non-hydrogen) atoms. The number of anilines is 1. The number of guanidine groups is 1. The SMILES string of the molecule is NC1=NC(c2cccc(Oc3ccccc3)c2)n2c(nc3ccccc32)N1. The second-order valence-corrected chi connectivity index (χ2v) is 6.29. The normalized spacial score (nSPS) is 15.7. The van der Waals surface area contributed by atoms with E-state index in [1.54, 1.807) is 0 Å². The van der Waals surface area contributed by atoms with Crippen LogP contribution in [0.4, 0.5) is 5.95 Å². The summed E-state index contributed by atoms with van der Waals surface area (Å²) in [6.07, 6.45) is -0.312. The van der Waals surface area contributed by atoms with E-state index in [0.29, 0.717) is 11.9 Å². The quantitative estimate of drug-likeness (QED) is 0.580. The lowest BCUT2D eigenvalue weighted by Crippen LogP contribution is -2.31. The highest BCUT2D eigenvalue weighted by molar-refractivity contribution is 5.94. The zero-order chi connectivity index (χ0) is 18.2. The molecule has 1 aliphatic rings. The van der Waals surface area contributed by atoms with Crippen molar-refractivity contribution in [2.75, 3.05) is 5.32 Å². The van der Waals surface area contributed by atoms with Gasteiger partial charge in [0, 0.05) is 5.56 Å². The minimum atomic E-state index is -0.312. The molecule has 0 spiro atoms. The van der Waals surface area contributed by atoms with E-state index < -0.39 is 0 Å². The fourth-order valence-electron chi connectivity index (χ4n) is 3.30. The summed E-state index contributed by atoms with van der Waals surface area (Å²) in [6.45, 7) is 0. The molecule has 1 unspecified atom stereocenters. The third-order valence-corrected chi connectivity index (χ3v) is 4.48. The van der Waals surface area contributed by atoms with Crippen LogP contribution in [0.15, 0.2) is 83.9 Å². The van der Waals surface area contributed by atoms with Gasteiger partial charge in [0.25, 0.3) is 0 Å². The van der Waals surface area contributed by atoms with Gasteiger partial charge in [0.15, 0.2) is 12.1 Å².